The number of aromatic nitrogens is 1. The molecule has 1 aliphatic carbocycles. The fourth-order valence-corrected chi connectivity index (χ4v) is 4.39. The summed E-state index contributed by atoms with van der Waals surface area (Å²) >= 11 is 0. The summed E-state index contributed by atoms with van der Waals surface area (Å²) in [5, 5.41) is 3.45. The first-order chi connectivity index (χ1) is 14.4. The fraction of sp³-hybridized carbons (Fsp3) is 0.480. The molecule has 0 radical (unpaired) electrons. The van der Waals surface area contributed by atoms with Crippen LogP contribution < -0.4 is 5.32 Å². The summed E-state index contributed by atoms with van der Waals surface area (Å²) in [6.45, 7) is 5.62. The smallest absolute Gasteiger partial charge is 0.255 e. The van der Waals surface area contributed by atoms with Gasteiger partial charge in [0.25, 0.3) is 5.91 Å². The van der Waals surface area contributed by atoms with Gasteiger partial charge in [-0.25, -0.2) is 4.98 Å². The molecule has 1 aliphatic heterocycles. The lowest BCUT2D eigenvalue weighted by Crippen LogP contribution is -2.30. The number of Topliss-reactive ketones (excluding diaryl/α,β-unsaturated/α-hetero) is 1. The van der Waals surface area contributed by atoms with E-state index in [-0.39, 0.29) is 11.4 Å². The molecule has 2 heterocycles. The number of carbonyl (C=O) groups is 2. The minimum atomic E-state index is -0.269. The molecular formula is C25H31N3O2. The van der Waals surface area contributed by atoms with Gasteiger partial charge in [-0.2, -0.15) is 0 Å². The van der Waals surface area contributed by atoms with E-state index in [2.05, 4.69) is 36.3 Å². The number of hydrogen-bond acceptors (Lipinski definition) is 4. The van der Waals surface area contributed by atoms with E-state index in [0.29, 0.717) is 36.1 Å². The molecule has 1 aromatic carbocycles. The molecular weight excluding hydrogens is 374 g/mol. The Bertz CT molecular complexity index is 888. The van der Waals surface area contributed by atoms with E-state index in [9.17, 15) is 9.59 Å². The van der Waals surface area contributed by atoms with Crippen LogP contribution in [0.15, 0.2) is 48.7 Å². The predicted octanol–water partition coefficient (Wildman–Crippen LogP) is 4.65. The number of pyridine rings is 1. The van der Waals surface area contributed by atoms with Crippen LogP contribution in [0.3, 0.4) is 0 Å². The van der Waals surface area contributed by atoms with Gasteiger partial charge in [0, 0.05) is 31.6 Å². The Balaban J connectivity index is 1.33. The van der Waals surface area contributed by atoms with E-state index in [1.54, 1.807) is 6.20 Å². The number of benzene rings is 1. The van der Waals surface area contributed by atoms with Crippen molar-refractivity contribution in [3.8, 4) is 0 Å². The lowest BCUT2D eigenvalue weighted by molar-refractivity contribution is -0.126. The first-order valence-corrected chi connectivity index (χ1v) is 11.0. The van der Waals surface area contributed by atoms with Crippen molar-refractivity contribution >= 4 is 17.5 Å². The monoisotopic (exact) mass is 405 g/mol. The van der Waals surface area contributed by atoms with E-state index in [4.69, 9.17) is 0 Å². The molecule has 5 nitrogen and oxygen atoms in total. The van der Waals surface area contributed by atoms with Crippen LogP contribution in [0.5, 0.6) is 0 Å². The average molecular weight is 406 g/mol. The van der Waals surface area contributed by atoms with E-state index < -0.39 is 0 Å². The second kappa shape index (κ2) is 8.58. The van der Waals surface area contributed by atoms with Crippen molar-refractivity contribution in [2.24, 2.45) is 11.8 Å². The van der Waals surface area contributed by atoms with Crippen LogP contribution in [0.4, 0.5) is 5.82 Å². The van der Waals surface area contributed by atoms with Crippen LogP contribution in [0.2, 0.25) is 0 Å². The quantitative estimate of drug-likeness (QED) is 0.728. The molecule has 0 bridgehead atoms. The second-order valence-electron chi connectivity index (χ2n) is 9.25. The van der Waals surface area contributed by atoms with E-state index in [1.165, 1.54) is 12.0 Å². The molecule has 158 valence electrons. The first kappa shape index (κ1) is 20.6. The minimum absolute atomic E-state index is 0.00922. The van der Waals surface area contributed by atoms with Crippen LogP contribution in [0.25, 0.3) is 0 Å². The molecule has 1 N–H and O–H groups in total. The van der Waals surface area contributed by atoms with Gasteiger partial charge in [-0.3, -0.25) is 9.59 Å². The number of amides is 1. The van der Waals surface area contributed by atoms with Gasteiger partial charge < -0.3 is 10.2 Å². The number of carbonyl (C=O) groups excluding carboxylic acids is 2. The zero-order chi connectivity index (χ0) is 21.1. The highest BCUT2D eigenvalue weighted by Crippen LogP contribution is 2.31. The number of hydrogen-bond donors (Lipinski definition) is 1. The molecule has 0 unspecified atom stereocenters. The Morgan fingerprint density at radius 2 is 1.87 bits per heavy atom. The lowest BCUT2D eigenvalue weighted by Gasteiger charge is -2.27. The number of likely N-dealkylation sites (tertiary alicyclic amines) is 1. The van der Waals surface area contributed by atoms with Gasteiger partial charge in [0.15, 0.2) is 0 Å². The molecule has 30 heavy (non-hydrogen) atoms. The van der Waals surface area contributed by atoms with Crippen LogP contribution in [-0.4, -0.2) is 34.7 Å². The Labute approximate surface area is 178 Å². The molecule has 4 rings (SSSR count). The Morgan fingerprint density at radius 1 is 1.10 bits per heavy atom. The highest BCUT2D eigenvalue weighted by Gasteiger charge is 2.32. The van der Waals surface area contributed by atoms with E-state index in [1.807, 2.05) is 35.2 Å². The summed E-state index contributed by atoms with van der Waals surface area (Å²) in [4.78, 5) is 31.5. The summed E-state index contributed by atoms with van der Waals surface area (Å²) < 4.78 is 0. The lowest BCUT2D eigenvalue weighted by atomic mass is 9.79. The number of ketones is 1. The largest absolute Gasteiger partial charge is 0.361 e. The number of rotatable bonds is 7. The van der Waals surface area contributed by atoms with E-state index >= 15 is 0 Å². The van der Waals surface area contributed by atoms with Gasteiger partial charge in [0.2, 0.25) is 0 Å². The molecule has 2 fully saturated rings. The number of anilines is 1. The topological polar surface area (TPSA) is 62.3 Å². The second-order valence-corrected chi connectivity index (χ2v) is 9.25. The van der Waals surface area contributed by atoms with Gasteiger partial charge >= 0.3 is 0 Å². The molecule has 1 saturated carbocycles. The van der Waals surface area contributed by atoms with Crippen LogP contribution in [0.1, 0.15) is 61.9 Å². The van der Waals surface area contributed by atoms with Gasteiger partial charge in [0.05, 0.1) is 11.1 Å². The minimum Gasteiger partial charge on any atom is -0.361 e. The van der Waals surface area contributed by atoms with Gasteiger partial charge in [-0.15, -0.1) is 0 Å². The SMILES string of the molecule is CC(C)(Nc1ccc(C(=O)N2CC[C@H](CC(=O)C3CCC3)C2)cn1)c1ccccc1. The highest BCUT2D eigenvalue weighted by molar-refractivity contribution is 5.94. The summed E-state index contributed by atoms with van der Waals surface area (Å²) in [5.41, 5.74) is 1.50. The Kier molecular flexibility index (Phi) is 5.89. The Morgan fingerprint density at radius 3 is 2.50 bits per heavy atom. The predicted molar refractivity (Wildman–Crippen MR) is 118 cm³/mol. The molecule has 5 heteroatoms. The summed E-state index contributed by atoms with van der Waals surface area (Å²) in [5.74, 6) is 1.75. The van der Waals surface area contributed by atoms with Gasteiger partial charge in [-0.1, -0.05) is 36.8 Å². The zero-order valence-electron chi connectivity index (χ0n) is 17.9. The van der Waals surface area contributed by atoms with Crippen molar-refractivity contribution in [3.63, 3.8) is 0 Å². The van der Waals surface area contributed by atoms with Crippen molar-refractivity contribution in [1.82, 2.24) is 9.88 Å². The highest BCUT2D eigenvalue weighted by atomic mass is 16.2. The van der Waals surface area contributed by atoms with Crippen LogP contribution in [0, 0.1) is 11.8 Å². The summed E-state index contributed by atoms with van der Waals surface area (Å²) in [6.07, 6.45) is 6.50. The molecule has 0 spiro atoms. The van der Waals surface area contributed by atoms with Gasteiger partial charge in [0.1, 0.15) is 11.6 Å². The third-order valence-corrected chi connectivity index (χ3v) is 6.57. The molecule has 1 amide bonds. The molecule has 1 aromatic heterocycles. The van der Waals surface area contributed by atoms with Crippen molar-refractivity contribution in [2.75, 3.05) is 18.4 Å². The van der Waals surface area contributed by atoms with Crippen LogP contribution in [-0.2, 0) is 10.3 Å². The standard InChI is InChI=1S/C25H31N3O2/c1-25(2,21-9-4-3-5-10-21)27-23-12-11-20(16-26-23)24(30)28-14-13-18(17-28)15-22(29)19-7-6-8-19/h3-5,9-12,16,18-19H,6-8,13-15,17H2,1-2H3,(H,26,27)/t18-/m1/s1. The van der Waals surface area contributed by atoms with Crippen molar-refractivity contribution in [1.29, 1.82) is 0 Å². The first-order valence-electron chi connectivity index (χ1n) is 11.0. The molecule has 1 saturated heterocycles. The maximum absolute atomic E-state index is 12.9. The molecule has 1 atom stereocenters. The average Bonchev–Trinajstić information content (AvgIpc) is 3.15. The number of nitrogens with zero attached hydrogens (tertiary/aromatic N) is 2. The fourth-order valence-electron chi connectivity index (χ4n) is 4.39. The maximum atomic E-state index is 12.9. The zero-order valence-corrected chi connectivity index (χ0v) is 17.9. The maximum Gasteiger partial charge on any atom is 0.255 e. The van der Waals surface area contributed by atoms with Gasteiger partial charge in [-0.05, 0) is 56.7 Å². The van der Waals surface area contributed by atoms with Crippen LogP contribution >= 0.6 is 0 Å². The summed E-state index contributed by atoms with van der Waals surface area (Å²) in [6, 6.07) is 13.9. The Hall–Kier alpha value is -2.69. The number of nitrogens with one attached hydrogen (secondary N) is 1. The molecule has 2 aromatic rings. The molecule has 2 aliphatic rings. The third-order valence-electron chi connectivity index (χ3n) is 6.57. The van der Waals surface area contributed by atoms with Crippen molar-refractivity contribution < 1.29 is 9.59 Å². The summed E-state index contributed by atoms with van der Waals surface area (Å²) in [7, 11) is 0. The van der Waals surface area contributed by atoms with Crippen molar-refractivity contribution in [3.05, 3.63) is 59.8 Å². The normalized spacial score (nSPS) is 19.4. The third kappa shape index (κ3) is 4.55. The van der Waals surface area contributed by atoms with E-state index in [0.717, 1.165) is 31.6 Å². The van der Waals surface area contributed by atoms with Crippen molar-refractivity contribution in [2.45, 2.75) is 51.5 Å².